The van der Waals surface area contributed by atoms with Crippen LogP contribution in [0.2, 0.25) is 10.0 Å². The fraction of sp³-hybridized carbons (Fsp3) is 0.455. The monoisotopic (exact) mass is 509 g/mol. The van der Waals surface area contributed by atoms with Gasteiger partial charge in [0.25, 0.3) is 5.91 Å². The second kappa shape index (κ2) is 10.4. The fourth-order valence-electron chi connectivity index (χ4n) is 4.02. The zero-order valence-corrected chi connectivity index (χ0v) is 20.5. The third-order valence-corrected chi connectivity index (χ3v) is 7.53. The number of thiazole rings is 1. The number of benzene rings is 1. The Hall–Kier alpha value is -2.20. The van der Waals surface area contributed by atoms with Crippen molar-refractivity contribution >= 4 is 52.3 Å². The minimum atomic E-state index is -0.225. The maximum Gasteiger partial charge on any atom is 0.263 e. The van der Waals surface area contributed by atoms with Crippen LogP contribution in [-0.2, 0) is 22.7 Å². The molecule has 8 nitrogen and oxygen atoms in total. The van der Waals surface area contributed by atoms with Crippen LogP contribution in [-0.4, -0.2) is 77.2 Å². The van der Waals surface area contributed by atoms with Crippen molar-refractivity contribution in [3.05, 3.63) is 49.9 Å². The van der Waals surface area contributed by atoms with Gasteiger partial charge in [0, 0.05) is 62.8 Å². The van der Waals surface area contributed by atoms with Gasteiger partial charge in [-0.3, -0.25) is 19.3 Å². The summed E-state index contributed by atoms with van der Waals surface area (Å²) in [6, 6.07) is 5.17. The van der Waals surface area contributed by atoms with Gasteiger partial charge >= 0.3 is 0 Å². The van der Waals surface area contributed by atoms with Gasteiger partial charge < -0.3 is 15.1 Å². The molecule has 0 radical (unpaired) electrons. The molecule has 3 heterocycles. The quantitative estimate of drug-likeness (QED) is 0.646. The van der Waals surface area contributed by atoms with Crippen molar-refractivity contribution in [1.82, 2.24) is 25.0 Å². The molecule has 11 heteroatoms. The molecule has 2 fully saturated rings. The van der Waals surface area contributed by atoms with Gasteiger partial charge in [-0.1, -0.05) is 29.3 Å². The Morgan fingerprint density at radius 3 is 2.64 bits per heavy atom. The van der Waals surface area contributed by atoms with E-state index in [9.17, 15) is 14.4 Å². The molecule has 176 valence electrons. The van der Waals surface area contributed by atoms with E-state index in [1.54, 1.807) is 36.3 Å². The number of aromatic nitrogens is 1. The molecule has 1 atom stereocenters. The van der Waals surface area contributed by atoms with E-state index in [0.717, 1.165) is 23.7 Å². The van der Waals surface area contributed by atoms with E-state index in [-0.39, 0.29) is 23.6 Å². The average molecular weight is 510 g/mol. The summed E-state index contributed by atoms with van der Waals surface area (Å²) in [7, 11) is 1.74. The zero-order valence-electron chi connectivity index (χ0n) is 18.2. The smallest absolute Gasteiger partial charge is 0.263 e. The number of halogens is 2. The van der Waals surface area contributed by atoms with Crippen LogP contribution in [0.5, 0.6) is 0 Å². The third-order valence-electron chi connectivity index (χ3n) is 5.96. The first-order chi connectivity index (χ1) is 15.8. The highest BCUT2D eigenvalue weighted by atomic mass is 35.5. The van der Waals surface area contributed by atoms with Crippen molar-refractivity contribution in [1.29, 1.82) is 0 Å². The number of nitrogens with zero attached hydrogens (tertiary/aromatic N) is 4. The summed E-state index contributed by atoms with van der Waals surface area (Å²) in [5, 5.41) is 4.78. The van der Waals surface area contributed by atoms with Gasteiger partial charge in [-0.05, 0) is 17.7 Å². The standard InChI is InChI=1S/C22H25Cl2N5O3S/c1-27-12-15(8-20(27)30)22(32)29-6-4-28(5-7-29)13-19-25-11-18(33-19)21(31)26-10-14-2-3-16(23)9-17(14)24/h2-3,9,11,15H,4-8,10,12-13H2,1H3,(H,26,31). The van der Waals surface area contributed by atoms with Crippen LogP contribution in [0, 0.1) is 5.92 Å². The molecule has 3 amide bonds. The van der Waals surface area contributed by atoms with Crippen molar-refractivity contribution in [2.75, 3.05) is 39.8 Å². The molecule has 4 rings (SSSR count). The summed E-state index contributed by atoms with van der Waals surface area (Å²) >= 11 is 13.4. The summed E-state index contributed by atoms with van der Waals surface area (Å²) < 4.78 is 0. The summed E-state index contributed by atoms with van der Waals surface area (Å²) in [4.78, 5) is 47.6. The molecule has 1 N–H and O–H groups in total. The van der Waals surface area contributed by atoms with Crippen LogP contribution in [0.25, 0.3) is 0 Å². The number of rotatable bonds is 6. The molecule has 1 unspecified atom stereocenters. The number of piperazine rings is 1. The number of hydrogen-bond acceptors (Lipinski definition) is 6. The molecular formula is C22H25Cl2N5O3S. The van der Waals surface area contributed by atoms with Crippen molar-refractivity contribution in [3.63, 3.8) is 0 Å². The molecule has 2 aliphatic rings. The summed E-state index contributed by atoms with van der Waals surface area (Å²) in [5.41, 5.74) is 0.792. The van der Waals surface area contributed by atoms with Gasteiger partial charge in [0.2, 0.25) is 11.8 Å². The topological polar surface area (TPSA) is 85.8 Å². The molecular weight excluding hydrogens is 485 g/mol. The largest absolute Gasteiger partial charge is 0.347 e. The van der Waals surface area contributed by atoms with E-state index in [1.165, 1.54) is 11.3 Å². The second-order valence-corrected chi connectivity index (χ2v) is 10.3. The first kappa shape index (κ1) is 23.9. The molecule has 2 saturated heterocycles. The normalized spacial score (nSPS) is 19.2. The van der Waals surface area contributed by atoms with Crippen LogP contribution in [0.15, 0.2) is 24.4 Å². The number of hydrogen-bond donors (Lipinski definition) is 1. The van der Waals surface area contributed by atoms with Gasteiger partial charge in [-0.15, -0.1) is 11.3 Å². The highest BCUT2D eigenvalue weighted by molar-refractivity contribution is 7.13. The molecule has 33 heavy (non-hydrogen) atoms. The van der Waals surface area contributed by atoms with Gasteiger partial charge in [0.05, 0.1) is 18.7 Å². The lowest BCUT2D eigenvalue weighted by Gasteiger charge is -2.35. The minimum Gasteiger partial charge on any atom is -0.347 e. The number of carbonyl (C=O) groups is 3. The van der Waals surface area contributed by atoms with E-state index in [4.69, 9.17) is 23.2 Å². The number of carbonyl (C=O) groups excluding carboxylic acids is 3. The van der Waals surface area contributed by atoms with Crippen molar-refractivity contribution in [2.45, 2.75) is 19.5 Å². The maximum absolute atomic E-state index is 12.7. The molecule has 1 aromatic carbocycles. The van der Waals surface area contributed by atoms with E-state index in [0.29, 0.717) is 54.1 Å². The van der Waals surface area contributed by atoms with Crippen LogP contribution in [0.1, 0.15) is 26.7 Å². The summed E-state index contributed by atoms with van der Waals surface area (Å²) in [6.45, 7) is 4.18. The van der Waals surface area contributed by atoms with Gasteiger partial charge in [0.1, 0.15) is 9.88 Å². The Balaban J connectivity index is 1.24. The lowest BCUT2D eigenvalue weighted by molar-refractivity contribution is -0.137. The van der Waals surface area contributed by atoms with Crippen LogP contribution in [0.4, 0.5) is 0 Å². The molecule has 1 aromatic heterocycles. The SMILES string of the molecule is CN1CC(C(=O)N2CCN(Cc3ncc(C(=O)NCc4ccc(Cl)cc4Cl)s3)CC2)CC1=O. The van der Waals surface area contributed by atoms with Gasteiger partial charge in [-0.25, -0.2) is 4.98 Å². The number of amides is 3. The van der Waals surface area contributed by atoms with Crippen molar-refractivity contribution in [2.24, 2.45) is 5.92 Å². The highest BCUT2D eigenvalue weighted by Crippen LogP contribution is 2.22. The molecule has 2 aliphatic heterocycles. The van der Waals surface area contributed by atoms with Crippen molar-refractivity contribution in [3.8, 4) is 0 Å². The molecule has 0 bridgehead atoms. The van der Waals surface area contributed by atoms with Gasteiger partial charge in [0.15, 0.2) is 0 Å². The Morgan fingerprint density at radius 1 is 1.21 bits per heavy atom. The average Bonchev–Trinajstić information content (AvgIpc) is 3.39. The van der Waals surface area contributed by atoms with E-state index < -0.39 is 0 Å². The number of likely N-dealkylation sites (tertiary alicyclic amines) is 1. The molecule has 0 aliphatic carbocycles. The number of nitrogens with one attached hydrogen (secondary N) is 1. The summed E-state index contributed by atoms with van der Waals surface area (Å²) in [5.74, 6) is -0.318. The lowest BCUT2D eigenvalue weighted by Crippen LogP contribution is -2.50. The van der Waals surface area contributed by atoms with Crippen LogP contribution in [0.3, 0.4) is 0 Å². The van der Waals surface area contributed by atoms with Gasteiger partial charge in [-0.2, -0.15) is 0 Å². The first-order valence-corrected chi connectivity index (χ1v) is 12.3. The second-order valence-electron chi connectivity index (χ2n) is 8.31. The highest BCUT2D eigenvalue weighted by Gasteiger charge is 2.35. The molecule has 0 saturated carbocycles. The Bertz CT molecular complexity index is 1050. The van der Waals surface area contributed by atoms with E-state index >= 15 is 0 Å². The summed E-state index contributed by atoms with van der Waals surface area (Å²) in [6.07, 6.45) is 1.90. The predicted octanol–water partition coefficient (Wildman–Crippen LogP) is 2.50. The lowest BCUT2D eigenvalue weighted by atomic mass is 10.1. The van der Waals surface area contributed by atoms with Crippen LogP contribution < -0.4 is 5.32 Å². The minimum absolute atomic E-state index is 0.0341. The third kappa shape index (κ3) is 5.84. The first-order valence-electron chi connectivity index (χ1n) is 10.7. The van der Waals surface area contributed by atoms with E-state index in [1.807, 2.05) is 4.90 Å². The van der Waals surface area contributed by atoms with Crippen molar-refractivity contribution < 1.29 is 14.4 Å². The molecule has 2 aromatic rings. The fourth-order valence-corrected chi connectivity index (χ4v) is 5.37. The van der Waals surface area contributed by atoms with E-state index in [2.05, 4.69) is 15.2 Å². The van der Waals surface area contributed by atoms with Crippen LogP contribution >= 0.6 is 34.5 Å². The zero-order chi connectivity index (χ0) is 23.5. The predicted molar refractivity (Wildman–Crippen MR) is 127 cm³/mol. The Kier molecular flexibility index (Phi) is 7.53. The Morgan fingerprint density at radius 2 is 1.97 bits per heavy atom. The Labute approximate surface area is 206 Å². The molecule has 0 spiro atoms. The maximum atomic E-state index is 12.7.